The third kappa shape index (κ3) is 5.06. The summed E-state index contributed by atoms with van der Waals surface area (Å²) in [6.07, 6.45) is 5.74. The summed E-state index contributed by atoms with van der Waals surface area (Å²) in [7, 11) is 0. The summed E-state index contributed by atoms with van der Waals surface area (Å²) < 4.78 is 23.2. The van der Waals surface area contributed by atoms with Gasteiger partial charge >= 0.3 is 0 Å². The molecule has 0 amide bonds. The lowest BCUT2D eigenvalue weighted by Gasteiger charge is -2.30. The van der Waals surface area contributed by atoms with Crippen LogP contribution < -0.4 is 0 Å². The molecule has 0 aromatic heterocycles. The molecule has 1 aromatic rings. The van der Waals surface area contributed by atoms with Crippen LogP contribution in [0, 0.1) is 0 Å². The molecular weight excluding hydrogens is 280 g/mol. The van der Waals surface area contributed by atoms with E-state index >= 15 is 0 Å². The van der Waals surface area contributed by atoms with Crippen molar-refractivity contribution in [2.24, 2.45) is 0 Å². The fraction of sp³-hybridized carbons (Fsp3) is 0.667. The molecule has 2 saturated heterocycles. The van der Waals surface area contributed by atoms with Crippen LogP contribution in [-0.2, 0) is 25.6 Å². The van der Waals surface area contributed by atoms with Crippen molar-refractivity contribution in [1.29, 1.82) is 0 Å². The van der Waals surface area contributed by atoms with Crippen LogP contribution in [0.4, 0.5) is 0 Å². The van der Waals surface area contributed by atoms with Gasteiger partial charge in [-0.15, -0.1) is 0 Å². The Balaban J connectivity index is 1.30. The number of hydrogen-bond acceptors (Lipinski definition) is 4. The highest BCUT2D eigenvalue weighted by Gasteiger charge is 2.24. The molecule has 3 rings (SSSR count). The lowest BCUT2D eigenvalue weighted by Crippen LogP contribution is -2.35. The van der Waals surface area contributed by atoms with Crippen LogP contribution in [0.15, 0.2) is 30.3 Å². The smallest absolute Gasteiger partial charge is 0.157 e. The Morgan fingerprint density at radius 3 is 2.59 bits per heavy atom. The quantitative estimate of drug-likeness (QED) is 0.808. The van der Waals surface area contributed by atoms with Crippen molar-refractivity contribution in [2.75, 3.05) is 19.8 Å². The second-order valence-electron chi connectivity index (χ2n) is 6.08. The first-order valence-corrected chi connectivity index (χ1v) is 8.40. The first-order chi connectivity index (χ1) is 10.9. The standard InChI is InChI=1S/C18H26O4/c1-2-6-15(7-3-1)12-20-16-9-10-17(21-13-16)14-22-18-8-4-5-11-19-18/h1-3,6-7,16-18H,4-5,8-14H2/t16-,17+,18?/m1/s1. The number of ether oxygens (including phenoxy) is 4. The lowest BCUT2D eigenvalue weighted by molar-refractivity contribution is -0.190. The third-order valence-electron chi connectivity index (χ3n) is 4.26. The average molecular weight is 306 g/mol. The zero-order valence-corrected chi connectivity index (χ0v) is 13.1. The summed E-state index contributed by atoms with van der Waals surface area (Å²) in [4.78, 5) is 0. The van der Waals surface area contributed by atoms with Crippen LogP contribution in [0.1, 0.15) is 37.7 Å². The fourth-order valence-corrected chi connectivity index (χ4v) is 2.89. The number of benzene rings is 1. The second kappa shape index (κ2) is 8.63. The van der Waals surface area contributed by atoms with Gasteiger partial charge in [-0.3, -0.25) is 0 Å². The van der Waals surface area contributed by atoms with E-state index < -0.39 is 0 Å². The molecule has 2 fully saturated rings. The van der Waals surface area contributed by atoms with E-state index in [1.54, 1.807) is 0 Å². The fourth-order valence-electron chi connectivity index (χ4n) is 2.89. The highest BCUT2D eigenvalue weighted by molar-refractivity contribution is 5.13. The maximum Gasteiger partial charge on any atom is 0.157 e. The zero-order chi connectivity index (χ0) is 15.0. The van der Waals surface area contributed by atoms with E-state index in [9.17, 15) is 0 Å². The van der Waals surface area contributed by atoms with Gasteiger partial charge in [0.1, 0.15) is 0 Å². The van der Waals surface area contributed by atoms with Crippen molar-refractivity contribution in [2.45, 2.75) is 57.2 Å². The van der Waals surface area contributed by atoms with Gasteiger partial charge in [0.05, 0.1) is 32.0 Å². The van der Waals surface area contributed by atoms with Crippen LogP contribution in [0.5, 0.6) is 0 Å². The Morgan fingerprint density at radius 1 is 0.955 bits per heavy atom. The van der Waals surface area contributed by atoms with Gasteiger partial charge in [0.2, 0.25) is 0 Å². The van der Waals surface area contributed by atoms with E-state index in [1.165, 1.54) is 12.0 Å². The Morgan fingerprint density at radius 2 is 1.86 bits per heavy atom. The van der Waals surface area contributed by atoms with E-state index in [0.29, 0.717) is 19.8 Å². The van der Waals surface area contributed by atoms with Crippen LogP contribution in [0.25, 0.3) is 0 Å². The van der Waals surface area contributed by atoms with Gasteiger partial charge in [0, 0.05) is 6.61 Å². The normalized spacial score (nSPS) is 29.4. The number of rotatable bonds is 6. The maximum atomic E-state index is 5.92. The van der Waals surface area contributed by atoms with E-state index in [4.69, 9.17) is 18.9 Å². The van der Waals surface area contributed by atoms with Crippen LogP contribution in [-0.4, -0.2) is 38.3 Å². The molecule has 0 N–H and O–H groups in total. The molecule has 1 aromatic carbocycles. The van der Waals surface area contributed by atoms with Gasteiger partial charge in [0.15, 0.2) is 6.29 Å². The van der Waals surface area contributed by atoms with Crippen molar-refractivity contribution in [3.05, 3.63) is 35.9 Å². The molecule has 3 atom stereocenters. The molecule has 0 aliphatic carbocycles. The molecule has 22 heavy (non-hydrogen) atoms. The van der Waals surface area contributed by atoms with Gasteiger partial charge < -0.3 is 18.9 Å². The second-order valence-corrected chi connectivity index (χ2v) is 6.08. The summed E-state index contributed by atoms with van der Waals surface area (Å²) in [6, 6.07) is 10.3. The van der Waals surface area contributed by atoms with Gasteiger partial charge in [0.25, 0.3) is 0 Å². The minimum absolute atomic E-state index is 0.0237. The number of hydrogen-bond donors (Lipinski definition) is 0. The molecule has 0 spiro atoms. The lowest BCUT2D eigenvalue weighted by atomic mass is 10.1. The van der Waals surface area contributed by atoms with Crippen molar-refractivity contribution < 1.29 is 18.9 Å². The molecule has 2 aliphatic heterocycles. The van der Waals surface area contributed by atoms with Crippen molar-refractivity contribution >= 4 is 0 Å². The molecule has 0 radical (unpaired) electrons. The van der Waals surface area contributed by atoms with Crippen LogP contribution in [0.2, 0.25) is 0 Å². The van der Waals surface area contributed by atoms with Gasteiger partial charge in [-0.2, -0.15) is 0 Å². The molecule has 0 bridgehead atoms. The maximum absolute atomic E-state index is 5.92. The first-order valence-electron chi connectivity index (χ1n) is 8.40. The third-order valence-corrected chi connectivity index (χ3v) is 4.26. The summed E-state index contributed by atoms with van der Waals surface area (Å²) in [5, 5.41) is 0. The summed E-state index contributed by atoms with van der Waals surface area (Å²) >= 11 is 0. The Kier molecular flexibility index (Phi) is 6.25. The van der Waals surface area contributed by atoms with E-state index in [0.717, 1.165) is 32.3 Å². The predicted molar refractivity (Wildman–Crippen MR) is 83.5 cm³/mol. The Hall–Kier alpha value is -0.940. The highest BCUT2D eigenvalue weighted by Crippen LogP contribution is 2.20. The topological polar surface area (TPSA) is 36.9 Å². The van der Waals surface area contributed by atoms with Crippen LogP contribution in [0.3, 0.4) is 0 Å². The monoisotopic (exact) mass is 306 g/mol. The summed E-state index contributed by atoms with van der Waals surface area (Å²) in [6.45, 7) is 2.78. The summed E-state index contributed by atoms with van der Waals surface area (Å²) in [5.41, 5.74) is 1.21. The molecular formula is C18H26O4. The minimum atomic E-state index is -0.0237. The van der Waals surface area contributed by atoms with Gasteiger partial charge in [-0.05, 0) is 37.7 Å². The molecule has 2 aliphatic rings. The van der Waals surface area contributed by atoms with Crippen LogP contribution >= 0.6 is 0 Å². The summed E-state index contributed by atoms with van der Waals surface area (Å²) in [5.74, 6) is 0. The minimum Gasteiger partial charge on any atom is -0.373 e. The Bertz CT molecular complexity index is 408. The molecule has 4 heteroatoms. The van der Waals surface area contributed by atoms with E-state index in [2.05, 4.69) is 12.1 Å². The van der Waals surface area contributed by atoms with Crippen molar-refractivity contribution in [3.63, 3.8) is 0 Å². The van der Waals surface area contributed by atoms with Crippen molar-refractivity contribution in [1.82, 2.24) is 0 Å². The zero-order valence-electron chi connectivity index (χ0n) is 13.1. The largest absolute Gasteiger partial charge is 0.373 e. The highest BCUT2D eigenvalue weighted by atomic mass is 16.7. The van der Waals surface area contributed by atoms with Gasteiger partial charge in [-0.25, -0.2) is 0 Å². The average Bonchev–Trinajstić information content (AvgIpc) is 2.61. The SMILES string of the molecule is c1ccc(CO[C@@H]2CC[C@@H](COC3CCCCO3)OC2)cc1. The predicted octanol–water partition coefficient (Wildman–Crippen LogP) is 3.29. The molecule has 1 unspecified atom stereocenters. The van der Waals surface area contributed by atoms with E-state index in [-0.39, 0.29) is 18.5 Å². The van der Waals surface area contributed by atoms with Crippen molar-refractivity contribution in [3.8, 4) is 0 Å². The Labute approximate surface area is 132 Å². The molecule has 0 saturated carbocycles. The van der Waals surface area contributed by atoms with Gasteiger partial charge in [-0.1, -0.05) is 30.3 Å². The van der Waals surface area contributed by atoms with E-state index in [1.807, 2.05) is 18.2 Å². The molecule has 4 nitrogen and oxygen atoms in total. The molecule has 122 valence electrons. The first kappa shape index (κ1) is 15.9. The molecule has 2 heterocycles.